The lowest BCUT2D eigenvalue weighted by molar-refractivity contribution is 0.151. The van der Waals surface area contributed by atoms with Gasteiger partial charge in [-0.05, 0) is 77.3 Å². The van der Waals surface area contributed by atoms with Crippen LogP contribution in [0.1, 0.15) is 62.8 Å². The number of nitrogens with zero attached hydrogens (tertiary/aromatic N) is 4. The van der Waals surface area contributed by atoms with Gasteiger partial charge in [0.15, 0.2) is 5.96 Å². The van der Waals surface area contributed by atoms with Crippen LogP contribution in [0.25, 0.3) is 0 Å². The highest BCUT2D eigenvalue weighted by atomic mass is 127. The molecule has 1 aromatic heterocycles. The van der Waals surface area contributed by atoms with Crippen LogP contribution in [0.3, 0.4) is 0 Å². The molecule has 0 unspecified atom stereocenters. The maximum absolute atomic E-state index is 5.75. The minimum atomic E-state index is 0. The van der Waals surface area contributed by atoms with Gasteiger partial charge in [-0.25, -0.2) is 4.98 Å². The van der Waals surface area contributed by atoms with Crippen LogP contribution in [0.2, 0.25) is 0 Å². The number of guanidine groups is 1. The maximum atomic E-state index is 5.75. The Hall–Kier alpha value is -0.830. The second-order valence-electron chi connectivity index (χ2n) is 9.19. The van der Waals surface area contributed by atoms with Crippen molar-refractivity contribution >= 4 is 29.9 Å². The summed E-state index contributed by atoms with van der Waals surface area (Å²) in [4.78, 5) is 14.6. The molecule has 0 aromatic carbocycles. The zero-order valence-electron chi connectivity index (χ0n) is 18.4. The third-order valence-electron chi connectivity index (χ3n) is 7.13. The van der Waals surface area contributed by atoms with Gasteiger partial charge in [0.25, 0.3) is 0 Å². The Bertz CT molecular complexity index is 672. The van der Waals surface area contributed by atoms with E-state index >= 15 is 0 Å². The van der Waals surface area contributed by atoms with Crippen LogP contribution in [-0.4, -0.2) is 60.0 Å². The van der Waals surface area contributed by atoms with Gasteiger partial charge in [0.05, 0.1) is 12.2 Å². The van der Waals surface area contributed by atoms with Crippen LogP contribution in [-0.2, 0) is 6.54 Å². The van der Waals surface area contributed by atoms with Gasteiger partial charge in [0.1, 0.15) is 5.76 Å². The lowest BCUT2D eigenvalue weighted by Crippen LogP contribution is -2.43. The van der Waals surface area contributed by atoms with E-state index in [0.29, 0.717) is 11.3 Å². The van der Waals surface area contributed by atoms with E-state index in [1.165, 1.54) is 51.6 Å². The second-order valence-corrected chi connectivity index (χ2v) is 9.19. The van der Waals surface area contributed by atoms with Gasteiger partial charge < -0.3 is 14.6 Å². The summed E-state index contributed by atoms with van der Waals surface area (Å²) in [5.41, 5.74) is 1.64. The van der Waals surface area contributed by atoms with Gasteiger partial charge in [0.2, 0.25) is 5.89 Å². The summed E-state index contributed by atoms with van der Waals surface area (Å²) in [5.74, 6) is 3.65. The summed E-state index contributed by atoms with van der Waals surface area (Å²) in [6, 6.07) is 0. The van der Waals surface area contributed by atoms with Gasteiger partial charge in [-0.15, -0.1) is 24.0 Å². The van der Waals surface area contributed by atoms with E-state index in [1.807, 2.05) is 13.8 Å². The summed E-state index contributed by atoms with van der Waals surface area (Å²) >= 11 is 0. The highest BCUT2D eigenvalue weighted by molar-refractivity contribution is 14.0. The van der Waals surface area contributed by atoms with Crippen LogP contribution >= 0.6 is 24.0 Å². The Labute approximate surface area is 192 Å². The maximum Gasteiger partial charge on any atom is 0.208 e. The van der Waals surface area contributed by atoms with Crippen molar-refractivity contribution in [2.24, 2.45) is 16.3 Å². The Balaban J connectivity index is 0.00000240. The quantitative estimate of drug-likeness (QED) is 0.366. The molecule has 3 aliphatic rings. The predicted molar refractivity (Wildman–Crippen MR) is 128 cm³/mol. The number of oxazole rings is 1. The fraction of sp³-hybridized carbons (Fsp3) is 0.818. The van der Waals surface area contributed by atoms with Crippen LogP contribution < -0.4 is 5.32 Å². The first-order valence-corrected chi connectivity index (χ1v) is 11.3. The van der Waals surface area contributed by atoms with Crippen LogP contribution in [0.15, 0.2) is 9.41 Å². The molecule has 2 saturated heterocycles. The Morgan fingerprint density at radius 2 is 1.97 bits per heavy atom. The number of aromatic nitrogens is 1. The van der Waals surface area contributed by atoms with Crippen LogP contribution in [0.5, 0.6) is 0 Å². The molecule has 164 valence electrons. The molecule has 0 radical (unpaired) electrons. The highest BCUT2D eigenvalue weighted by Crippen LogP contribution is 2.47. The zero-order valence-corrected chi connectivity index (χ0v) is 20.7. The van der Waals surface area contributed by atoms with E-state index in [2.05, 4.69) is 27.0 Å². The molecule has 0 amide bonds. The monoisotopic (exact) mass is 515 g/mol. The molecule has 1 saturated carbocycles. The molecule has 3 heterocycles. The molecule has 1 aromatic rings. The van der Waals surface area contributed by atoms with Crippen LogP contribution in [0, 0.1) is 25.2 Å². The number of halogens is 1. The molecular weight excluding hydrogens is 477 g/mol. The average Bonchev–Trinajstić information content (AvgIpc) is 3.24. The van der Waals surface area contributed by atoms with Crippen LogP contribution in [0.4, 0.5) is 0 Å². The number of aliphatic imine (C=N–C) groups is 1. The van der Waals surface area contributed by atoms with Crippen molar-refractivity contribution in [3.8, 4) is 0 Å². The summed E-state index contributed by atoms with van der Waals surface area (Å²) in [7, 11) is 0. The van der Waals surface area contributed by atoms with E-state index in [-0.39, 0.29) is 24.0 Å². The number of hydrogen-bond donors (Lipinski definition) is 1. The number of hydrogen-bond acceptors (Lipinski definition) is 4. The van der Waals surface area contributed by atoms with Gasteiger partial charge in [-0.2, -0.15) is 0 Å². The minimum Gasteiger partial charge on any atom is -0.444 e. The Kier molecular flexibility index (Phi) is 7.87. The van der Waals surface area contributed by atoms with Crippen molar-refractivity contribution in [2.75, 3.05) is 39.3 Å². The molecule has 6 nitrogen and oxygen atoms in total. The van der Waals surface area contributed by atoms with Crippen molar-refractivity contribution in [1.29, 1.82) is 0 Å². The van der Waals surface area contributed by atoms with E-state index in [0.717, 1.165) is 56.0 Å². The van der Waals surface area contributed by atoms with Gasteiger partial charge in [0, 0.05) is 26.2 Å². The first-order chi connectivity index (χ1) is 13.6. The molecule has 1 aliphatic carbocycles. The summed E-state index contributed by atoms with van der Waals surface area (Å²) in [6.07, 6.45) is 8.05. The molecule has 0 bridgehead atoms. The van der Waals surface area contributed by atoms with Gasteiger partial charge >= 0.3 is 0 Å². The fourth-order valence-corrected chi connectivity index (χ4v) is 4.97. The first-order valence-electron chi connectivity index (χ1n) is 11.3. The third kappa shape index (κ3) is 5.46. The first kappa shape index (κ1) is 22.8. The molecule has 4 rings (SSSR count). The van der Waals surface area contributed by atoms with Crippen molar-refractivity contribution in [3.05, 3.63) is 17.3 Å². The molecule has 1 spiro atoms. The fourth-order valence-electron chi connectivity index (χ4n) is 4.97. The summed E-state index contributed by atoms with van der Waals surface area (Å²) < 4.78 is 5.75. The third-order valence-corrected chi connectivity index (χ3v) is 7.13. The SMILES string of the molecule is CCNC(=NCC1CCN(Cc2nc(C)c(C)o2)CC1)N1CCC2(CCC2)C1.I. The minimum absolute atomic E-state index is 0. The van der Waals surface area contributed by atoms with Crippen molar-refractivity contribution < 1.29 is 4.42 Å². The summed E-state index contributed by atoms with van der Waals surface area (Å²) in [6.45, 7) is 13.6. The lowest BCUT2D eigenvalue weighted by Gasteiger charge is -2.38. The highest BCUT2D eigenvalue weighted by Gasteiger charge is 2.43. The van der Waals surface area contributed by atoms with E-state index in [1.54, 1.807) is 0 Å². The van der Waals surface area contributed by atoms with E-state index < -0.39 is 0 Å². The van der Waals surface area contributed by atoms with Crippen molar-refractivity contribution in [3.63, 3.8) is 0 Å². The van der Waals surface area contributed by atoms with Gasteiger partial charge in [-0.3, -0.25) is 9.89 Å². The van der Waals surface area contributed by atoms with Crippen molar-refractivity contribution in [1.82, 2.24) is 20.1 Å². The molecule has 1 N–H and O–H groups in total. The predicted octanol–water partition coefficient (Wildman–Crippen LogP) is 3.96. The van der Waals surface area contributed by atoms with E-state index in [9.17, 15) is 0 Å². The molecule has 2 aliphatic heterocycles. The summed E-state index contributed by atoms with van der Waals surface area (Å²) in [5, 5.41) is 3.54. The number of rotatable bonds is 5. The van der Waals surface area contributed by atoms with E-state index in [4.69, 9.17) is 9.41 Å². The molecule has 29 heavy (non-hydrogen) atoms. The van der Waals surface area contributed by atoms with Gasteiger partial charge in [-0.1, -0.05) is 6.42 Å². The number of likely N-dealkylation sites (tertiary alicyclic amines) is 2. The molecule has 3 fully saturated rings. The van der Waals surface area contributed by atoms with Crippen molar-refractivity contribution in [2.45, 2.75) is 65.8 Å². The lowest BCUT2D eigenvalue weighted by atomic mass is 9.68. The average molecular weight is 515 g/mol. The number of aryl methyl sites for hydroxylation is 2. The largest absolute Gasteiger partial charge is 0.444 e. The zero-order chi connectivity index (χ0) is 19.6. The Morgan fingerprint density at radius 1 is 1.21 bits per heavy atom. The topological polar surface area (TPSA) is 56.9 Å². The smallest absolute Gasteiger partial charge is 0.208 e. The normalized spacial score (nSPS) is 22.6. The molecule has 0 atom stereocenters. The standard InChI is InChI=1S/C22H37N5O.HI/c1-4-23-21(27-13-10-22(16-27)8-5-9-22)24-14-19-6-11-26(12-7-19)15-20-25-17(2)18(3)28-20;/h19H,4-16H2,1-3H3,(H,23,24);1H. The Morgan fingerprint density at radius 3 is 2.52 bits per heavy atom. The molecular formula is C22H38IN5O. The molecule has 7 heteroatoms. The second kappa shape index (κ2) is 9.98. The number of piperidine rings is 1. The number of nitrogens with one attached hydrogen (secondary N) is 1.